The molecule has 3 heterocycles. The second kappa shape index (κ2) is 9.01. The van der Waals surface area contributed by atoms with Gasteiger partial charge in [-0.2, -0.15) is 0 Å². The lowest BCUT2D eigenvalue weighted by atomic mass is 9.97. The molecule has 0 unspecified atom stereocenters. The molecule has 0 aromatic carbocycles. The lowest BCUT2D eigenvalue weighted by Crippen LogP contribution is -2.44. The van der Waals surface area contributed by atoms with Gasteiger partial charge < -0.3 is 15.5 Å². The summed E-state index contributed by atoms with van der Waals surface area (Å²) in [5.41, 5.74) is 8.93. The van der Waals surface area contributed by atoms with E-state index >= 15 is 0 Å². The summed E-state index contributed by atoms with van der Waals surface area (Å²) < 4.78 is 0. The number of pyridine rings is 2. The third-order valence-electron chi connectivity index (χ3n) is 4.88. The van der Waals surface area contributed by atoms with E-state index in [1.54, 1.807) is 37.5 Å². The highest BCUT2D eigenvalue weighted by atomic mass is 35.5. The number of carbonyl (C=O) groups excluding carboxylic acids is 1. The van der Waals surface area contributed by atoms with E-state index < -0.39 is 0 Å². The summed E-state index contributed by atoms with van der Waals surface area (Å²) in [5, 5.41) is 0.428. The molecule has 2 aromatic heterocycles. The summed E-state index contributed by atoms with van der Waals surface area (Å²) in [5.74, 6) is 0.469. The molecule has 2 aromatic rings. The summed E-state index contributed by atoms with van der Waals surface area (Å²) in [6, 6.07) is 5.54. The minimum atomic E-state index is 0.0767. The van der Waals surface area contributed by atoms with Crippen LogP contribution < -0.4 is 5.73 Å². The number of piperidine rings is 1. The van der Waals surface area contributed by atoms with Gasteiger partial charge in [-0.05, 0) is 37.0 Å². The maximum Gasteiger partial charge on any atom is 0.319 e. The first-order chi connectivity index (χ1) is 13.5. The van der Waals surface area contributed by atoms with E-state index in [4.69, 9.17) is 17.3 Å². The highest BCUT2D eigenvalue weighted by Crippen LogP contribution is 2.20. The van der Waals surface area contributed by atoms with Gasteiger partial charge in [-0.3, -0.25) is 9.98 Å². The largest absolute Gasteiger partial charge is 0.404 e. The summed E-state index contributed by atoms with van der Waals surface area (Å²) >= 11 is 5.97. The zero-order valence-electron chi connectivity index (χ0n) is 16.2. The Labute approximate surface area is 169 Å². The fraction of sp³-hybridized carbons (Fsp3) is 0.400. The molecule has 0 radical (unpaired) electrons. The molecule has 1 fully saturated rings. The molecule has 0 aliphatic carbocycles. The van der Waals surface area contributed by atoms with Crippen LogP contribution in [-0.2, 0) is 0 Å². The first kappa shape index (κ1) is 20.1. The fourth-order valence-electron chi connectivity index (χ4n) is 3.24. The van der Waals surface area contributed by atoms with Crippen LogP contribution in [-0.4, -0.2) is 65.7 Å². The highest BCUT2D eigenvalue weighted by molar-refractivity contribution is 6.29. The molecule has 0 saturated carbocycles. The molecule has 7 nitrogen and oxygen atoms in total. The van der Waals surface area contributed by atoms with Crippen LogP contribution in [0.3, 0.4) is 0 Å². The molecule has 1 aliphatic heterocycles. The Morgan fingerprint density at radius 3 is 2.79 bits per heavy atom. The minimum Gasteiger partial charge on any atom is -0.404 e. The van der Waals surface area contributed by atoms with Gasteiger partial charge in [0.25, 0.3) is 0 Å². The Hall–Kier alpha value is -2.67. The maximum atomic E-state index is 12.0. The monoisotopic (exact) mass is 400 g/mol. The van der Waals surface area contributed by atoms with Gasteiger partial charge in [-0.15, -0.1) is 0 Å². The summed E-state index contributed by atoms with van der Waals surface area (Å²) in [6.45, 7) is 2.27. The van der Waals surface area contributed by atoms with Crippen LogP contribution in [0, 0.1) is 5.92 Å². The van der Waals surface area contributed by atoms with Crippen molar-refractivity contribution in [2.24, 2.45) is 16.6 Å². The molecule has 0 spiro atoms. The van der Waals surface area contributed by atoms with Crippen LogP contribution in [0.1, 0.15) is 18.4 Å². The smallest absolute Gasteiger partial charge is 0.319 e. The van der Waals surface area contributed by atoms with Crippen LogP contribution in [0.5, 0.6) is 0 Å². The Balaban J connectivity index is 1.60. The standard InChI is InChI=1S/C20H25ClN6O/c1-26(2)20(28)27-7-5-14(6-8-27)11-23-12-16(10-22)15-9-18-17(24-13-15)3-4-19(21)25-18/h3-4,9-10,12-14H,5-8,11,22H2,1-2H3. The number of hydrogen-bond donors (Lipinski definition) is 1. The predicted octanol–water partition coefficient (Wildman–Crippen LogP) is 3.05. The van der Waals surface area contributed by atoms with Crippen LogP contribution in [0.15, 0.2) is 35.6 Å². The van der Waals surface area contributed by atoms with Crippen molar-refractivity contribution in [3.63, 3.8) is 0 Å². The summed E-state index contributed by atoms with van der Waals surface area (Å²) in [7, 11) is 3.56. The van der Waals surface area contributed by atoms with E-state index in [2.05, 4.69) is 15.0 Å². The van der Waals surface area contributed by atoms with Crippen molar-refractivity contribution in [1.29, 1.82) is 0 Å². The quantitative estimate of drug-likeness (QED) is 0.631. The van der Waals surface area contributed by atoms with Gasteiger partial charge in [0.1, 0.15) is 5.15 Å². The lowest BCUT2D eigenvalue weighted by Gasteiger charge is -2.33. The normalized spacial score (nSPS) is 16.1. The molecule has 1 saturated heterocycles. The zero-order valence-corrected chi connectivity index (χ0v) is 16.9. The van der Waals surface area contributed by atoms with Crippen molar-refractivity contribution < 1.29 is 4.79 Å². The van der Waals surface area contributed by atoms with Crippen LogP contribution in [0.2, 0.25) is 5.15 Å². The molecular formula is C20H25ClN6O. The van der Waals surface area contributed by atoms with Gasteiger partial charge in [0, 0.05) is 63.5 Å². The molecule has 28 heavy (non-hydrogen) atoms. The van der Waals surface area contributed by atoms with Gasteiger partial charge in [0.15, 0.2) is 0 Å². The van der Waals surface area contributed by atoms with Crippen molar-refractivity contribution >= 4 is 40.5 Å². The van der Waals surface area contributed by atoms with E-state index in [0.717, 1.165) is 48.1 Å². The maximum absolute atomic E-state index is 12.0. The number of hydrogen-bond acceptors (Lipinski definition) is 5. The first-order valence-corrected chi connectivity index (χ1v) is 9.66. The number of allylic oxidation sites excluding steroid dienone is 1. The number of amides is 2. The number of likely N-dealkylation sites (tertiary alicyclic amines) is 1. The zero-order chi connectivity index (χ0) is 20.1. The molecule has 8 heteroatoms. The van der Waals surface area contributed by atoms with E-state index in [0.29, 0.717) is 17.6 Å². The molecule has 0 atom stereocenters. The van der Waals surface area contributed by atoms with Gasteiger partial charge >= 0.3 is 6.03 Å². The van der Waals surface area contributed by atoms with Gasteiger partial charge in [0.2, 0.25) is 0 Å². The van der Waals surface area contributed by atoms with E-state index in [9.17, 15) is 4.79 Å². The number of aromatic nitrogens is 2. The van der Waals surface area contributed by atoms with Crippen LogP contribution >= 0.6 is 11.6 Å². The molecule has 2 amide bonds. The summed E-state index contributed by atoms with van der Waals surface area (Å²) in [4.78, 5) is 28.8. The average molecular weight is 401 g/mol. The topological polar surface area (TPSA) is 87.7 Å². The second-order valence-corrected chi connectivity index (χ2v) is 7.51. The van der Waals surface area contributed by atoms with E-state index in [-0.39, 0.29) is 6.03 Å². The van der Waals surface area contributed by atoms with Gasteiger partial charge in [-0.25, -0.2) is 9.78 Å². The fourth-order valence-corrected chi connectivity index (χ4v) is 3.40. The SMILES string of the molecule is CN(C)C(=O)N1CCC(CN=CC(=CN)c2cnc3ccc(Cl)nc3c2)CC1. The molecule has 1 aliphatic rings. The Kier molecular flexibility index (Phi) is 6.46. The highest BCUT2D eigenvalue weighted by Gasteiger charge is 2.23. The molecule has 0 bridgehead atoms. The molecular weight excluding hydrogens is 376 g/mol. The number of halogens is 1. The molecule has 148 valence electrons. The van der Waals surface area contributed by atoms with Crippen LogP contribution in [0.4, 0.5) is 4.79 Å². The number of carbonyl (C=O) groups is 1. The Morgan fingerprint density at radius 2 is 2.11 bits per heavy atom. The van der Waals surface area contributed by atoms with Gasteiger partial charge in [0.05, 0.1) is 11.0 Å². The van der Waals surface area contributed by atoms with Crippen molar-refractivity contribution in [3.8, 4) is 0 Å². The molecule has 2 N–H and O–H groups in total. The first-order valence-electron chi connectivity index (χ1n) is 9.28. The number of urea groups is 1. The summed E-state index contributed by atoms with van der Waals surface area (Å²) in [6.07, 6.45) is 6.98. The van der Waals surface area contributed by atoms with Crippen molar-refractivity contribution in [1.82, 2.24) is 19.8 Å². The number of rotatable bonds is 4. The predicted molar refractivity (Wildman–Crippen MR) is 113 cm³/mol. The number of fused-ring (bicyclic) bond motifs is 1. The van der Waals surface area contributed by atoms with Crippen molar-refractivity contribution in [3.05, 3.63) is 41.3 Å². The third kappa shape index (κ3) is 4.78. The minimum absolute atomic E-state index is 0.0767. The van der Waals surface area contributed by atoms with Gasteiger partial charge in [-0.1, -0.05) is 11.6 Å². The van der Waals surface area contributed by atoms with E-state index in [1.807, 2.05) is 17.0 Å². The second-order valence-electron chi connectivity index (χ2n) is 7.12. The Morgan fingerprint density at radius 1 is 1.36 bits per heavy atom. The van der Waals surface area contributed by atoms with Crippen molar-refractivity contribution in [2.45, 2.75) is 12.8 Å². The number of nitrogens with two attached hydrogens (primary N) is 1. The number of aliphatic imine (C=N–C) groups is 1. The number of nitrogens with zero attached hydrogens (tertiary/aromatic N) is 5. The van der Waals surface area contributed by atoms with Crippen molar-refractivity contribution in [2.75, 3.05) is 33.7 Å². The van der Waals surface area contributed by atoms with Crippen LogP contribution in [0.25, 0.3) is 16.6 Å². The Bertz CT molecular complexity index is 903. The lowest BCUT2D eigenvalue weighted by molar-refractivity contribution is 0.148. The molecule has 3 rings (SSSR count). The third-order valence-corrected chi connectivity index (χ3v) is 5.09. The average Bonchev–Trinajstić information content (AvgIpc) is 2.70. The van der Waals surface area contributed by atoms with E-state index in [1.165, 1.54) is 6.20 Å².